The third kappa shape index (κ3) is 3.41. The van der Waals surface area contributed by atoms with E-state index in [2.05, 4.69) is 4.72 Å². The van der Waals surface area contributed by atoms with E-state index in [9.17, 15) is 18.5 Å². The summed E-state index contributed by atoms with van der Waals surface area (Å²) in [5, 5.41) is 12.8. The number of nitro benzene ring substituents is 1. The molecule has 106 valence electrons. The predicted octanol–water partition coefficient (Wildman–Crippen LogP) is 2.18. The Morgan fingerprint density at radius 1 is 1.20 bits per heavy atom. The summed E-state index contributed by atoms with van der Waals surface area (Å²) in [4.78, 5) is 10.9. The number of benzene rings is 1. The standard InChI is InChI=1S/C12H12N2O4S2/c15-14(16)11-5-1-2-6-12(11)20(17,18)13-8-7-10-4-3-9-19-10/h1-6,9,13H,7-8H2. The van der Waals surface area contributed by atoms with E-state index in [0.717, 1.165) is 4.88 Å². The van der Waals surface area contributed by atoms with Crippen LogP contribution in [0.25, 0.3) is 0 Å². The van der Waals surface area contributed by atoms with Gasteiger partial charge in [0.05, 0.1) is 4.92 Å². The first-order chi connectivity index (χ1) is 9.50. The van der Waals surface area contributed by atoms with Crippen molar-refractivity contribution in [1.29, 1.82) is 0 Å². The van der Waals surface area contributed by atoms with E-state index in [-0.39, 0.29) is 11.4 Å². The van der Waals surface area contributed by atoms with Gasteiger partial charge in [0.1, 0.15) is 0 Å². The van der Waals surface area contributed by atoms with Crippen molar-refractivity contribution in [3.63, 3.8) is 0 Å². The number of nitrogens with zero attached hydrogens (tertiary/aromatic N) is 1. The maximum atomic E-state index is 12.1. The van der Waals surface area contributed by atoms with Crippen LogP contribution in [0.15, 0.2) is 46.7 Å². The molecule has 0 unspecified atom stereocenters. The van der Waals surface area contributed by atoms with E-state index in [4.69, 9.17) is 0 Å². The van der Waals surface area contributed by atoms with Crippen LogP contribution in [0.3, 0.4) is 0 Å². The van der Waals surface area contributed by atoms with Gasteiger partial charge in [-0.25, -0.2) is 13.1 Å². The minimum Gasteiger partial charge on any atom is -0.258 e. The molecule has 2 rings (SSSR count). The summed E-state index contributed by atoms with van der Waals surface area (Å²) < 4.78 is 26.5. The molecular formula is C12H12N2O4S2. The topological polar surface area (TPSA) is 89.3 Å². The number of rotatable bonds is 6. The number of para-hydroxylation sites is 1. The zero-order chi connectivity index (χ0) is 14.6. The summed E-state index contributed by atoms with van der Waals surface area (Å²) in [5.74, 6) is 0. The van der Waals surface area contributed by atoms with Crippen LogP contribution in [0.2, 0.25) is 0 Å². The Bertz CT molecular complexity index is 696. The Morgan fingerprint density at radius 2 is 1.95 bits per heavy atom. The maximum Gasteiger partial charge on any atom is 0.289 e. The van der Waals surface area contributed by atoms with Crippen molar-refractivity contribution < 1.29 is 13.3 Å². The van der Waals surface area contributed by atoms with Crippen LogP contribution < -0.4 is 4.72 Å². The van der Waals surface area contributed by atoms with Gasteiger partial charge in [-0.1, -0.05) is 18.2 Å². The van der Waals surface area contributed by atoms with E-state index in [1.54, 1.807) is 0 Å². The molecule has 1 N–H and O–H groups in total. The Morgan fingerprint density at radius 3 is 2.60 bits per heavy atom. The van der Waals surface area contributed by atoms with E-state index in [1.807, 2.05) is 17.5 Å². The largest absolute Gasteiger partial charge is 0.289 e. The fourth-order valence-corrected chi connectivity index (χ4v) is 3.59. The van der Waals surface area contributed by atoms with Gasteiger partial charge in [0.2, 0.25) is 10.0 Å². The van der Waals surface area contributed by atoms with Gasteiger partial charge in [-0.15, -0.1) is 11.3 Å². The molecule has 0 aliphatic rings. The molecule has 0 atom stereocenters. The first-order valence-electron chi connectivity index (χ1n) is 5.76. The molecule has 20 heavy (non-hydrogen) atoms. The summed E-state index contributed by atoms with van der Waals surface area (Å²) in [7, 11) is -3.88. The molecule has 0 amide bonds. The van der Waals surface area contributed by atoms with Crippen LogP contribution in [-0.4, -0.2) is 19.9 Å². The third-order valence-corrected chi connectivity index (χ3v) is 5.04. The molecule has 1 aromatic carbocycles. The highest BCUT2D eigenvalue weighted by atomic mass is 32.2. The van der Waals surface area contributed by atoms with Crippen molar-refractivity contribution in [2.75, 3.05) is 6.54 Å². The van der Waals surface area contributed by atoms with Crippen LogP contribution in [0.4, 0.5) is 5.69 Å². The molecule has 0 spiro atoms. The second kappa shape index (κ2) is 6.12. The third-order valence-electron chi connectivity index (χ3n) is 2.60. The summed E-state index contributed by atoms with van der Waals surface area (Å²) in [6, 6.07) is 9.09. The van der Waals surface area contributed by atoms with Crippen molar-refractivity contribution in [2.45, 2.75) is 11.3 Å². The minimum atomic E-state index is -3.88. The number of hydrogen-bond donors (Lipinski definition) is 1. The normalized spacial score (nSPS) is 11.4. The zero-order valence-corrected chi connectivity index (χ0v) is 12.0. The lowest BCUT2D eigenvalue weighted by Crippen LogP contribution is -2.26. The number of hydrogen-bond acceptors (Lipinski definition) is 5. The fourth-order valence-electron chi connectivity index (χ4n) is 1.68. The van der Waals surface area contributed by atoms with Crippen molar-refractivity contribution >= 4 is 27.0 Å². The quantitative estimate of drug-likeness (QED) is 0.654. The van der Waals surface area contributed by atoms with Crippen LogP contribution in [-0.2, 0) is 16.4 Å². The molecule has 0 saturated heterocycles. The minimum absolute atomic E-state index is 0.203. The molecule has 1 aromatic heterocycles. The Labute approximate surface area is 120 Å². The predicted molar refractivity (Wildman–Crippen MR) is 76.3 cm³/mol. The van der Waals surface area contributed by atoms with Gasteiger partial charge in [0, 0.05) is 17.5 Å². The van der Waals surface area contributed by atoms with Crippen LogP contribution in [0.5, 0.6) is 0 Å². The van der Waals surface area contributed by atoms with E-state index in [1.165, 1.54) is 35.6 Å². The lowest BCUT2D eigenvalue weighted by Gasteiger charge is -2.06. The Balaban J connectivity index is 2.12. The maximum absolute atomic E-state index is 12.1. The fraction of sp³-hybridized carbons (Fsp3) is 0.167. The van der Waals surface area contributed by atoms with E-state index >= 15 is 0 Å². The van der Waals surface area contributed by atoms with Crippen molar-refractivity contribution in [2.24, 2.45) is 0 Å². The van der Waals surface area contributed by atoms with Crippen LogP contribution in [0.1, 0.15) is 4.88 Å². The molecule has 0 fully saturated rings. The number of nitrogens with one attached hydrogen (secondary N) is 1. The molecule has 0 saturated carbocycles. The van der Waals surface area contributed by atoms with E-state index < -0.39 is 20.6 Å². The number of thiophene rings is 1. The molecular weight excluding hydrogens is 300 g/mol. The molecule has 0 radical (unpaired) electrons. The monoisotopic (exact) mass is 312 g/mol. The van der Waals surface area contributed by atoms with Gasteiger partial charge in [0.15, 0.2) is 4.90 Å². The average Bonchev–Trinajstić information content (AvgIpc) is 2.91. The summed E-state index contributed by atoms with van der Waals surface area (Å²) >= 11 is 1.53. The van der Waals surface area contributed by atoms with Crippen LogP contribution >= 0.6 is 11.3 Å². The van der Waals surface area contributed by atoms with Gasteiger partial charge in [-0.2, -0.15) is 0 Å². The van der Waals surface area contributed by atoms with Gasteiger partial charge in [-0.05, 0) is 23.9 Å². The summed E-state index contributed by atoms with van der Waals surface area (Å²) in [5.41, 5.74) is -0.420. The SMILES string of the molecule is O=[N+]([O-])c1ccccc1S(=O)(=O)NCCc1cccs1. The lowest BCUT2D eigenvalue weighted by molar-refractivity contribution is -0.387. The second-order valence-electron chi connectivity index (χ2n) is 3.95. The zero-order valence-electron chi connectivity index (χ0n) is 10.4. The molecule has 0 aliphatic heterocycles. The Kier molecular flexibility index (Phi) is 4.48. The summed E-state index contributed by atoms with van der Waals surface area (Å²) in [6.07, 6.45) is 0.553. The lowest BCUT2D eigenvalue weighted by atomic mass is 10.3. The molecule has 0 bridgehead atoms. The van der Waals surface area contributed by atoms with Gasteiger partial charge in [-0.3, -0.25) is 10.1 Å². The molecule has 8 heteroatoms. The number of sulfonamides is 1. The van der Waals surface area contributed by atoms with Gasteiger partial charge < -0.3 is 0 Å². The molecule has 2 aromatic rings. The van der Waals surface area contributed by atoms with Gasteiger partial charge in [0.25, 0.3) is 5.69 Å². The van der Waals surface area contributed by atoms with E-state index in [0.29, 0.717) is 6.42 Å². The highest BCUT2D eigenvalue weighted by Crippen LogP contribution is 2.22. The average molecular weight is 312 g/mol. The second-order valence-corrected chi connectivity index (χ2v) is 6.72. The highest BCUT2D eigenvalue weighted by Gasteiger charge is 2.24. The molecule has 1 heterocycles. The number of nitro groups is 1. The Hall–Kier alpha value is -1.77. The smallest absolute Gasteiger partial charge is 0.258 e. The van der Waals surface area contributed by atoms with Gasteiger partial charge >= 0.3 is 0 Å². The first-order valence-corrected chi connectivity index (χ1v) is 8.12. The summed E-state index contributed by atoms with van der Waals surface area (Å²) in [6.45, 7) is 0.203. The first kappa shape index (κ1) is 14.6. The molecule has 6 nitrogen and oxygen atoms in total. The van der Waals surface area contributed by atoms with Crippen molar-refractivity contribution in [3.05, 3.63) is 56.8 Å². The van der Waals surface area contributed by atoms with Crippen molar-refractivity contribution in [1.82, 2.24) is 4.72 Å². The highest BCUT2D eigenvalue weighted by molar-refractivity contribution is 7.89. The van der Waals surface area contributed by atoms with Crippen molar-refractivity contribution in [3.8, 4) is 0 Å². The van der Waals surface area contributed by atoms with Crippen LogP contribution in [0, 0.1) is 10.1 Å². The molecule has 0 aliphatic carbocycles.